The molecule has 0 saturated carbocycles. The first-order chi connectivity index (χ1) is 7.72. The molecule has 0 aromatic carbocycles. The minimum absolute atomic E-state index is 0.447. The molecule has 0 atom stereocenters. The van der Waals surface area contributed by atoms with Crippen LogP contribution in [0.3, 0.4) is 0 Å². The highest BCUT2D eigenvalue weighted by molar-refractivity contribution is 5.24. The minimum atomic E-state index is 0.447. The highest BCUT2D eigenvalue weighted by atomic mass is 16.5. The maximum atomic E-state index is 8.68. The van der Waals surface area contributed by atoms with Gasteiger partial charge in [0.05, 0.1) is 6.61 Å². The molecule has 16 heavy (non-hydrogen) atoms. The number of nitriles is 1. The van der Waals surface area contributed by atoms with Crippen molar-refractivity contribution in [2.24, 2.45) is 5.92 Å². The van der Waals surface area contributed by atoms with Gasteiger partial charge in [-0.2, -0.15) is 5.26 Å². The van der Waals surface area contributed by atoms with Crippen molar-refractivity contribution in [3.8, 4) is 6.07 Å². The fourth-order valence-corrected chi connectivity index (χ4v) is 1.41. The first-order valence-electron chi connectivity index (χ1n) is 5.65. The summed E-state index contributed by atoms with van der Waals surface area (Å²) in [5.74, 6) is 0.731. The molecule has 0 amide bonds. The number of pyridine rings is 1. The molecular formula is C13H18N2O. The Bertz CT molecular complexity index is 355. The normalized spacial score (nSPS) is 10.4. The van der Waals surface area contributed by atoms with E-state index >= 15 is 0 Å². The third-order valence-corrected chi connectivity index (χ3v) is 2.28. The Balaban J connectivity index is 2.24. The van der Waals surface area contributed by atoms with Gasteiger partial charge < -0.3 is 4.74 Å². The molecule has 0 unspecified atom stereocenters. The summed E-state index contributed by atoms with van der Waals surface area (Å²) in [7, 11) is 0. The van der Waals surface area contributed by atoms with Crippen molar-refractivity contribution in [3.05, 3.63) is 29.6 Å². The third kappa shape index (κ3) is 4.90. The predicted octanol–water partition coefficient (Wildman–Crippen LogP) is 2.91. The molecule has 0 N–H and O–H groups in total. The highest BCUT2D eigenvalue weighted by Crippen LogP contribution is 2.06. The summed E-state index contributed by atoms with van der Waals surface area (Å²) in [6.07, 6.45) is 3.93. The lowest BCUT2D eigenvalue weighted by molar-refractivity contribution is 0.115. The van der Waals surface area contributed by atoms with Crippen LogP contribution in [0.2, 0.25) is 0 Å². The van der Waals surface area contributed by atoms with Gasteiger partial charge >= 0.3 is 0 Å². The predicted molar refractivity (Wildman–Crippen MR) is 62.7 cm³/mol. The van der Waals surface area contributed by atoms with Crippen molar-refractivity contribution in [3.63, 3.8) is 0 Å². The SMILES string of the molecule is CC(C)CCCOCc1ccnc(C#N)c1. The Hall–Kier alpha value is -1.40. The number of hydrogen-bond donors (Lipinski definition) is 0. The van der Waals surface area contributed by atoms with E-state index in [4.69, 9.17) is 10.00 Å². The van der Waals surface area contributed by atoms with Crippen molar-refractivity contribution >= 4 is 0 Å². The van der Waals surface area contributed by atoms with Gasteiger partial charge in [-0.25, -0.2) is 4.98 Å². The molecule has 0 aliphatic rings. The Morgan fingerprint density at radius 3 is 3.00 bits per heavy atom. The van der Waals surface area contributed by atoms with E-state index in [9.17, 15) is 0 Å². The van der Waals surface area contributed by atoms with E-state index in [2.05, 4.69) is 18.8 Å². The van der Waals surface area contributed by atoms with Gasteiger partial charge in [0.1, 0.15) is 11.8 Å². The van der Waals surface area contributed by atoms with E-state index in [1.165, 1.54) is 6.42 Å². The van der Waals surface area contributed by atoms with E-state index in [-0.39, 0.29) is 0 Å². The summed E-state index contributed by atoms with van der Waals surface area (Å²) in [5, 5.41) is 8.68. The lowest BCUT2D eigenvalue weighted by Crippen LogP contribution is -1.98. The summed E-state index contributed by atoms with van der Waals surface area (Å²) >= 11 is 0. The van der Waals surface area contributed by atoms with Crippen molar-refractivity contribution < 1.29 is 4.74 Å². The average Bonchev–Trinajstić information content (AvgIpc) is 2.28. The molecule has 3 nitrogen and oxygen atoms in total. The van der Waals surface area contributed by atoms with Gasteiger partial charge in [-0.15, -0.1) is 0 Å². The van der Waals surface area contributed by atoms with Gasteiger partial charge in [-0.1, -0.05) is 13.8 Å². The van der Waals surface area contributed by atoms with Crippen LogP contribution in [-0.2, 0) is 11.3 Å². The number of rotatable bonds is 6. The molecule has 0 aliphatic heterocycles. The molecule has 0 bridgehead atoms. The molecule has 0 saturated heterocycles. The highest BCUT2D eigenvalue weighted by Gasteiger charge is 1.97. The van der Waals surface area contributed by atoms with Crippen LogP contribution in [-0.4, -0.2) is 11.6 Å². The summed E-state index contributed by atoms with van der Waals surface area (Å²) in [6.45, 7) is 5.77. The van der Waals surface area contributed by atoms with Gasteiger partial charge in [-0.3, -0.25) is 0 Å². The van der Waals surface area contributed by atoms with Crippen LogP contribution >= 0.6 is 0 Å². The van der Waals surface area contributed by atoms with Crippen LogP contribution in [0.4, 0.5) is 0 Å². The van der Waals surface area contributed by atoms with Gasteiger partial charge in [0, 0.05) is 12.8 Å². The van der Waals surface area contributed by atoms with Gasteiger partial charge in [0.25, 0.3) is 0 Å². The molecule has 86 valence electrons. The summed E-state index contributed by atoms with van der Waals surface area (Å²) in [5.41, 5.74) is 1.46. The second-order valence-corrected chi connectivity index (χ2v) is 4.25. The van der Waals surface area contributed by atoms with Crippen molar-refractivity contribution in [1.82, 2.24) is 4.98 Å². The molecule has 0 radical (unpaired) electrons. The molecule has 1 rings (SSSR count). The van der Waals surface area contributed by atoms with E-state index in [0.717, 1.165) is 24.5 Å². The molecule has 1 aromatic heterocycles. The average molecular weight is 218 g/mol. The van der Waals surface area contributed by atoms with Gasteiger partial charge in [0.2, 0.25) is 0 Å². The topological polar surface area (TPSA) is 45.9 Å². The minimum Gasteiger partial charge on any atom is -0.377 e. The van der Waals surface area contributed by atoms with Crippen LogP contribution in [0.5, 0.6) is 0 Å². The zero-order valence-corrected chi connectivity index (χ0v) is 9.94. The van der Waals surface area contributed by atoms with E-state index < -0.39 is 0 Å². The van der Waals surface area contributed by atoms with E-state index in [1.807, 2.05) is 12.1 Å². The Kier molecular flexibility index (Phi) is 5.52. The van der Waals surface area contributed by atoms with Gasteiger partial charge in [-0.05, 0) is 36.5 Å². The third-order valence-electron chi connectivity index (χ3n) is 2.28. The fraction of sp³-hybridized carbons (Fsp3) is 0.538. The maximum Gasteiger partial charge on any atom is 0.140 e. The first kappa shape index (κ1) is 12.7. The van der Waals surface area contributed by atoms with E-state index in [0.29, 0.717) is 12.3 Å². The lowest BCUT2D eigenvalue weighted by atomic mass is 10.1. The zero-order valence-electron chi connectivity index (χ0n) is 9.94. The molecule has 0 aliphatic carbocycles. The van der Waals surface area contributed by atoms with Crippen molar-refractivity contribution in [1.29, 1.82) is 5.26 Å². The van der Waals surface area contributed by atoms with Crippen molar-refractivity contribution in [2.45, 2.75) is 33.3 Å². The Morgan fingerprint density at radius 1 is 1.50 bits per heavy atom. The molecule has 0 spiro atoms. The van der Waals surface area contributed by atoms with Crippen LogP contribution in [0.1, 0.15) is 37.9 Å². The summed E-state index contributed by atoms with van der Waals surface area (Å²) < 4.78 is 5.53. The fourth-order valence-electron chi connectivity index (χ4n) is 1.41. The standard InChI is InChI=1S/C13H18N2O/c1-11(2)4-3-7-16-10-12-5-6-15-13(8-12)9-14/h5-6,8,11H,3-4,7,10H2,1-2H3. The second-order valence-electron chi connectivity index (χ2n) is 4.25. The number of aromatic nitrogens is 1. The second kappa shape index (κ2) is 6.97. The van der Waals surface area contributed by atoms with Crippen LogP contribution in [0.25, 0.3) is 0 Å². The first-order valence-corrected chi connectivity index (χ1v) is 5.65. The number of hydrogen-bond acceptors (Lipinski definition) is 3. The molecular weight excluding hydrogens is 200 g/mol. The Labute approximate surface area is 97.1 Å². The maximum absolute atomic E-state index is 8.68. The molecule has 1 aromatic rings. The van der Waals surface area contributed by atoms with Crippen molar-refractivity contribution in [2.75, 3.05) is 6.61 Å². The quantitative estimate of drug-likeness (QED) is 0.690. The molecule has 1 heterocycles. The van der Waals surface area contributed by atoms with Gasteiger partial charge in [0.15, 0.2) is 0 Å². The Morgan fingerprint density at radius 2 is 2.31 bits per heavy atom. The monoisotopic (exact) mass is 218 g/mol. The van der Waals surface area contributed by atoms with Crippen LogP contribution in [0.15, 0.2) is 18.3 Å². The largest absolute Gasteiger partial charge is 0.377 e. The number of nitrogens with zero attached hydrogens (tertiary/aromatic N) is 2. The number of ether oxygens (including phenoxy) is 1. The van der Waals surface area contributed by atoms with Crippen LogP contribution < -0.4 is 0 Å². The lowest BCUT2D eigenvalue weighted by Gasteiger charge is -2.06. The molecule has 3 heteroatoms. The summed E-state index contributed by atoms with van der Waals surface area (Å²) in [4.78, 5) is 3.91. The van der Waals surface area contributed by atoms with Crippen LogP contribution in [0, 0.1) is 17.2 Å². The smallest absolute Gasteiger partial charge is 0.140 e. The molecule has 0 fully saturated rings. The summed E-state index contributed by atoms with van der Waals surface area (Å²) in [6, 6.07) is 5.66. The zero-order chi connectivity index (χ0) is 11.8. The van der Waals surface area contributed by atoms with E-state index in [1.54, 1.807) is 12.3 Å².